The molecule has 7 rings (SSSR count). The molecule has 0 saturated carbocycles. The number of carbonyl (C=O) groups excluding carboxylic acids is 5. The zero-order valence-corrected chi connectivity index (χ0v) is 49.3. The van der Waals surface area contributed by atoms with Gasteiger partial charge in [0.15, 0.2) is 31.5 Å². The molecule has 10 unspecified atom stereocenters. The Labute approximate surface area is 480 Å². The summed E-state index contributed by atoms with van der Waals surface area (Å²) in [5.74, 6) is -1.57. The van der Waals surface area contributed by atoms with E-state index in [9.17, 15) is 15.9 Å². The van der Waals surface area contributed by atoms with Gasteiger partial charge in [0.1, 0.15) is 24.9 Å². The maximum atomic E-state index is 12.0. The van der Waals surface area contributed by atoms with Gasteiger partial charge in [-0.05, 0) is 72.5 Å². The van der Waals surface area contributed by atoms with Gasteiger partial charge < -0.3 is 61.6 Å². The lowest BCUT2D eigenvalue weighted by molar-refractivity contribution is -0.368. The lowest BCUT2D eigenvalue weighted by Gasteiger charge is -2.52. The zero-order valence-electron chi connectivity index (χ0n) is 49.3. The third kappa shape index (κ3) is 17.2. The molecule has 82 heavy (non-hydrogen) atoms. The number of rotatable bonds is 21. The largest absolute Gasteiger partial charge is 0.463 e. The fourth-order valence-corrected chi connectivity index (χ4v) is 11.8. The summed E-state index contributed by atoms with van der Waals surface area (Å²) >= 11 is 0. The first kappa shape index (κ1) is 67.6. The summed E-state index contributed by atoms with van der Waals surface area (Å²) in [5, 5.41) is 8.51. The second kappa shape index (κ2) is 33.3. The van der Waals surface area contributed by atoms with E-state index in [-0.39, 0.29) is 67.8 Å². The highest BCUT2D eigenvalue weighted by Gasteiger charge is 2.55. The fraction of sp³-hybridized carbons (Fsp3) is 0.741. The lowest BCUT2D eigenvalue weighted by Crippen LogP contribution is -2.63. The predicted molar refractivity (Wildman–Crippen MR) is 288 cm³/mol. The number of carbonyl (C=O) groups is 1. The van der Waals surface area contributed by atoms with Crippen molar-refractivity contribution in [2.45, 2.75) is 220 Å². The summed E-state index contributed by atoms with van der Waals surface area (Å²) in [5.41, 5.74) is 21.7. The highest BCUT2D eigenvalue weighted by atomic mass is 16.8. The first-order chi connectivity index (χ1) is 39.4. The van der Waals surface area contributed by atoms with Crippen molar-refractivity contribution in [2.24, 2.45) is 51.7 Å². The van der Waals surface area contributed by atoms with E-state index in [2.05, 4.69) is 54.7 Å². The lowest BCUT2D eigenvalue weighted by atomic mass is 9.81. The first-order valence-corrected chi connectivity index (χ1v) is 28.3. The standard InChI is InChI=1S/C56H84N6O14.2CO2/c1-14-41-29(3)30(4)44(59-61-57)54(70-41)73-46-34(8)50(67-27-40-24-20-17-21-25-40)56(69-36(46)10)75-48-33(7)45(60-62-58)55(71-42(48)15-2)76-51-37(11)68-53(35(9)49(51)66-26-39-22-18-16-19-23-39)74-47-31(5)32(6)52(64-13)72-43(47)28-65-38(12)63;2*2-1-3/h16-25,29-37,41-56H,14-15,26-28H2,1-13H3;;/t29-,30-,31+,32?,33+,34-,35?,36?,37?,41?,42?,43?,44?,45?,46-,47-,48-,49-,50?,51+,52-,53-,54+,55-,56-;;/m0../s1. The van der Waals surface area contributed by atoms with E-state index in [4.69, 9.17) is 80.8 Å². The third-order valence-electron chi connectivity index (χ3n) is 16.8. The number of ether oxygens (including phenoxy) is 13. The van der Waals surface area contributed by atoms with Crippen LogP contribution in [0.2, 0.25) is 0 Å². The summed E-state index contributed by atoms with van der Waals surface area (Å²) in [6, 6.07) is 18.3. The smallest absolute Gasteiger partial charge is 0.373 e. The molecule has 2 aromatic rings. The second-order valence-corrected chi connectivity index (χ2v) is 21.9. The highest BCUT2D eigenvalue weighted by Crippen LogP contribution is 2.43. The van der Waals surface area contributed by atoms with Crippen molar-refractivity contribution in [2.75, 3.05) is 13.7 Å². The molecule has 0 amide bonds. The van der Waals surface area contributed by atoms with Crippen LogP contribution >= 0.6 is 0 Å². The van der Waals surface area contributed by atoms with Gasteiger partial charge in [0, 0.05) is 41.6 Å². The molecular weight excluding hydrogens is 1070 g/mol. The summed E-state index contributed by atoms with van der Waals surface area (Å²) in [7, 11) is 1.59. The van der Waals surface area contributed by atoms with Crippen molar-refractivity contribution in [1.82, 2.24) is 0 Å². The molecule has 0 spiro atoms. The third-order valence-corrected chi connectivity index (χ3v) is 16.8. The van der Waals surface area contributed by atoms with Gasteiger partial charge in [-0.1, -0.05) is 133 Å². The van der Waals surface area contributed by atoms with Crippen LogP contribution in [0.5, 0.6) is 0 Å². The van der Waals surface area contributed by atoms with Gasteiger partial charge in [-0.2, -0.15) is 19.2 Å². The number of methoxy groups -OCH3 is 1. The zero-order chi connectivity index (χ0) is 60.2. The van der Waals surface area contributed by atoms with Crippen LogP contribution in [0, 0.1) is 41.4 Å². The van der Waals surface area contributed by atoms with Crippen LogP contribution in [0.25, 0.3) is 20.9 Å². The molecule has 454 valence electrons. The maximum absolute atomic E-state index is 12.0. The minimum atomic E-state index is -1.03. The van der Waals surface area contributed by atoms with Gasteiger partial charge in [-0.15, -0.1) is 0 Å². The fourth-order valence-electron chi connectivity index (χ4n) is 11.8. The Hall–Kier alpha value is -5.19. The Balaban J connectivity index is 0.00000197. The van der Waals surface area contributed by atoms with E-state index in [1.807, 2.05) is 102 Å². The van der Waals surface area contributed by atoms with Gasteiger partial charge in [0.25, 0.3) is 0 Å². The number of hydrogen-bond acceptors (Lipinski definition) is 20. The molecule has 5 saturated heterocycles. The molecule has 5 aliphatic heterocycles. The minimum Gasteiger partial charge on any atom is -0.463 e. The Morgan fingerprint density at radius 2 is 0.951 bits per heavy atom. The van der Waals surface area contributed by atoms with E-state index >= 15 is 0 Å². The first-order valence-electron chi connectivity index (χ1n) is 28.3. The normalized spacial score (nSPS) is 38.9. The quantitative estimate of drug-likeness (QED) is 0.0487. The summed E-state index contributed by atoms with van der Waals surface area (Å²) in [6.07, 6.45) is -8.33. The topological polar surface area (TPSA) is 303 Å². The van der Waals surface area contributed by atoms with E-state index in [1.54, 1.807) is 7.11 Å². The molecule has 0 radical (unpaired) electrons. The molecule has 24 heteroatoms. The molecule has 25 atom stereocenters. The number of benzene rings is 2. The molecule has 5 aliphatic rings. The Bertz CT molecular complexity index is 2400. The molecule has 0 aliphatic carbocycles. The van der Waals surface area contributed by atoms with Crippen molar-refractivity contribution in [1.29, 1.82) is 0 Å². The van der Waals surface area contributed by atoms with Crippen LogP contribution in [0.4, 0.5) is 0 Å². The highest BCUT2D eigenvalue weighted by molar-refractivity contribution is 5.65. The second-order valence-electron chi connectivity index (χ2n) is 21.9. The average molecular weight is 1150 g/mol. The van der Waals surface area contributed by atoms with Crippen molar-refractivity contribution < 1.29 is 85.6 Å². The van der Waals surface area contributed by atoms with Crippen molar-refractivity contribution >= 4 is 18.3 Å². The van der Waals surface area contributed by atoms with Crippen molar-refractivity contribution in [3.8, 4) is 0 Å². The molecule has 0 bridgehead atoms. The van der Waals surface area contributed by atoms with Crippen LogP contribution in [0.15, 0.2) is 70.9 Å². The van der Waals surface area contributed by atoms with Crippen molar-refractivity contribution in [3.63, 3.8) is 0 Å². The molecule has 0 N–H and O–H groups in total. The van der Waals surface area contributed by atoms with Crippen molar-refractivity contribution in [3.05, 3.63) is 92.7 Å². The van der Waals surface area contributed by atoms with E-state index in [0.29, 0.717) is 6.42 Å². The molecule has 5 fully saturated rings. The number of hydrogen-bond donors (Lipinski definition) is 0. The van der Waals surface area contributed by atoms with Gasteiger partial charge in [0.05, 0.1) is 74.1 Å². The SMILES string of the molecule is CCC1O[C@H](O[C@@H]2C(C)O[C@@H](O[C@@H]3C(CC)O[C@@H](O[C@@H]4C(C)O[C@@H](O[C@@H]5C(COC(C)=O)O[C@H](OC)C(C)[C@H]5C)C(C)[C@@H]4OCc4ccccc4)C(N=[N+]=[N-])[C@H]3C)C(OCc3ccccc3)[C@H]2C)C(N=[N+]=[N-])[C@@H](C)[C@@H]1C.O=C=O.O=C=O. The van der Waals surface area contributed by atoms with Gasteiger partial charge >= 0.3 is 18.3 Å². The van der Waals surface area contributed by atoms with E-state index in [1.165, 1.54) is 6.92 Å². The number of azide groups is 2. The average Bonchev–Trinajstić information content (AvgIpc) is 3.63. The van der Waals surface area contributed by atoms with Gasteiger partial charge in [-0.25, -0.2) is 0 Å². The molecule has 5 heterocycles. The molecule has 24 nitrogen and oxygen atoms in total. The van der Waals surface area contributed by atoms with Crippen LogP contribution < -0.4 is 0 Å². The van der Waals surface area contributed by atoms with Crippen LogP contribution in [-0.2, 0) is 98.8 Å². The Kier molecular flexibility index (Phi) is 27.5. The molecular formula is C58H84N6O18. The molecule has 0 aromatic heterocycles. The monoisotopic (exact) mass is 1150 g/mol. The molecule has 2 aromatic carbocycles. The predicted octanol–water partition coefficient (Wildman–Crippen LogP) is 9.04. The van der Waals surface area contributed by atoms with Gasteiger partial charge in [-0.3, -0.25) is 4.79 Å². The number of nitrogens with zero attached hydrogens (tertiary/aromatic N) is 6. The Morgan fingerprint density at radius 1 is 0.500 bits per heavy atom. The maximum Gasteiger partial charge on any atom is 0.373 e. The number of esters is 1. The summed E-state index contributed by atoms with van der Waals surface area (Å²) in [6.45, 7) is 24.1. The van der Waals surface area contributed by atoms with Crippen LogP contribution in [0.1, 0.15) is 107 Å². The summed E-state index contributed by atoms with van der Waals surface area (Å²) in [4.78, 5) is 51.0. The van der Waals surface area contributed by atoms with Crippen LogP contribution in [0.3, 0.4) is 0 Å². The van der Waals surface area contributed by atoms with Gasteiger partial charge in [0.2, 0.25) is 0 Å². The van der Waals surface area contributed by atoms with Crippen LogP contribution in [-0.4, -0.2) is 143 Å². The Morgan fingerprint density at radius 3 is 1.48 bits per heavy atom. The minimum absolute atomic E-state index is 0.0104. The van der Waals surface area contributed by atoms with E-state index in [0.717, 1.165) is 17.5 Å². The summed E-state index contributed by atoms with van der Waals surface area (Å²) < 4.78 is 85.9. The van der Waals surface area contributed by atoms with E-state index < -0.39 is 122 Å².